The molecule has 2 aliphatic rings. The molecule has 2 heterocycles. The topological polar surface area (TPSA) is 172 Å². The SMILES string of the molecule is COc1ccccc1OCCN1CCN(C(=O)[C@@H]2CCC(=O)N[C@@H](CCC(N)=O)C(=O)NCCCCCCCCCCC(=O)N2)CC1. The van der Waals surface area contributed by atoms with Gasteiger partial charge in [-0.05, 0) is 37.8 Å². The van der Waals surface area contributed by atoms with E-state index in [2.05, 4.69) is 20.9 Å². The molecule has 1 aromatic rings. The van der Waals surface area contributed by atoms with Crippen molar-refractivity contribution in [3.63, 3.8) is 0 Å². The van der Waals surface area contributed by atoms with E-state index in [1.165, 1.54) is 0 Å². The molecule has 47 heavy (non-hydrogen) atoms. The van der Waals surface area contributed by atoms with Gasteiger partial charge in [0, 0.05) is 58.5 Å². The van der Waals surface area contributed by atoms with Crippen LogP contribution in [-0.4, -0.2) is 104 Å². The van der Waals surface area contributed by atoms with E-state index in [9.17, 15) is 24.0 Å². The Bertz CT molecular complexity index is 1160. The molecule has 0 bridgehead atoms. The number of amides is 5. The van der Waals surface area contributed by atoms with Gasteiger partial charge >= 0.3 is 0 Å². The Kier molecular flexibility index (Phi) is 16.9. The van der Waals surface area contributed by atoms with Crippen LogP contribution >= 0.6 is 0 Å². The van der Waals surface area contributed by atoms with Crippen molar-refractivity contribution in [2.75, 3.05) is 53.0 Å². The molecule has 1 aromatic carbocycles. The standard InChI is InChI=1S/C34H54N6O7/c1-46-28-12-9-10-13-29(28)47-25-24-39-20-22-40(23-21-39)34(45)27-16-18-32(43)37-26(15-17-30(35)41)33(44)36-19-11-7-5-3-2-4-6-8-14-31(42)38-27/h9-10,12-13,26-27H,2-8,11,14-25H2,1H3,(H2,35,41)(H,36,44)(H,37,43)(H,38,42)/t26-,27-/m0/s1. The maximum absolute atomic E-state index is 13.7. The largest absolute Gasteiger partial charge is 0.493 e. The van der Waals surface area contributed by atoms with Gasteiger partial charge in [-0.15, -0.1) is 0 Å². The number of nitrogens with two attached hydrogens (primary N) is 1. The summed E-state index contributed by atoms with van der Waals surface area (Å²) in [6.45, 7) is 3.93. The van der Waals surface area contributed by atoms with Crippen LogP contribution in [0.5, 0.6) is 11.5 Å². The molecule has 0 aromatic heterocycles. The zero-order chi connectivity index (χ0) is 33.9. The van der Waals surface area contributed by atoms with Crippen molar-refractivity contribution < 1.29 is 33.4 Å². The van der Waals surface area contributed by atoms with Gasteiger partial charge in [0.2, 0.25) is 29.5 Å². The van der Waals surface area contributed by atoms with Crippen molar-refractivity contribution in [1.29, 1.82) is 0 Å². The predicted octanol–water partition coefficient (Wildman–Crippen LogP) is 1.87. The highest BCUT2D eigenvalue weighted by atomic mass is 16.5. The van der Waals surface area contributed by atoms with Gasteiger partial charge in [0.1, 0.15) is 18.7 Å². The third-order valence-corrected chi connectivity index (χ3v) is 8.67. The molecule has 2 aliphatic heterocycles. The van der Waals surface area contributed by atoms with Crippen LogP contribution < -0.4 is 31.2 Å². The molecule has 0 unspecified atom stereocenters. The summed E-state index contributed by atoms with van der Waals surface area (Å²) < 4.78 is 11.2. The van der Waals surface area contributed by atoms with Crippen LogP contribution in [0.3, 0.4) is 0 Å². The fourth-order valence-corrected chi connectivity index (χ4v) is 5.86. The van der Waals surface area contributed by atoms with Gasteiger partial charge < -0.3 is 36.1 Å². The maximum Gasteiger partial charge on any atom is 0.245 e. The Labute approximate surface area is 278 Å². The van der Waals surface area contributed by atoms with Crippen LogP contribution in [0.2, 0.25) is 0 Å². The predicted molar refractivity (Wildman–Crippen MR) is 178 cm³/mol. The summed E-state index contributed by atoms with van der Waals surface area (Å²) in [7, 11) is 1.60. The number of rotatable bonds is 9. The molecule has 0 saturated carbocycles. The summed E-state index contributed by atoms with van der Waals surface area (Å²) in [5, 5.41) is 8.48. The summed E-state index contributed by atoms with van der Waals surface area (Å²) in [5.74, 6) is -0.423. The fraction of sp³-hybridized carbons (Fsp3) is 0.676. The first-order valence-electron chi connectivity index (χ1n) is 17.2. The average Bonchev–Trinajstić information content (AvgIpc) is 3.07. The lowest BCUT2D eigenvalue weighted by Gasteiger charge is -2.36. The molecule has 0 radical (unpaired) electrons. The summed E-state index contributed by atoms with van der Waals surface area (Å²) in [6, 6.07) is 5.71. The Morgan fingerprint density at radius 1 is 0.851 bits per heavy atom. The van der Waals surface area contributed by atoms with Crippen LogP contribution in [0.25, 0.3) is 0 Å². The zero-order valence-electron chi connectivity index (χ0n) is 27.9. The number of para-hydroxylation sites is 2. The third-order valence-electron chi connectivity index (χ3n) is 8.67. The lowest BCUT2D eigenvalue weighted by Crippen LogP contribution is -2.55. The van der Waals surface area contributed by atoms with E-state index in [0.29, 0.717) is 63.8 Å². The number of carbonyl (C=O) groups excluding carboxylic acids is 5. The van der Waals surface area contributed by atoms with E-state index < -0.39 is 23.9 Å². The van der Waals surface area contributed by atoms with Crippen molar-refractivity contribution in [2.45, 2.75) is 95.6 Å². The highest BCUT2D eigenvalue weighted by Crippen LogP contribution is 2.25. The van der Waals surface area contributed by atoms with Crippen molar-refractivity contribution >= 4 is 29.5 Å². The summed E-state index contributed by atoms with van der Waals surface area (Å²) >= 11 is 0. The van der Waals surface area contributed by atoms with Crippen LogP contribution in [0.15, 0.2) is 24.3 Å². The van der Waals surface area contributed by atoms with Crippen LogP contribution in [0.4, 0.5) is 0 Å². The number of benzene rings is 1. The van der Waals surface area contributed by atoms with Gasteiger partial charge in [0.05, 0.1) is 7.11 Å². The van der Waals surface area contributed by atoms with Crippen molar-refractivity contribution in [3.05, 3.63) is 24.3 Å². The maximum atomic E-state index is 13.7. The number of nitrogens with one attached hydrogen (secondary N) is 3. The van der Waals surface area contributed by atoms with E-state index >= 15 is 0 Å². The van der Waals surface area contributed by atoms with Gasteiger partial charge in [-0.3, -0.25) is 28.9 Å². The highest BCUT2D eigenvalue weighted by molar-refractivity contribution is 5.90. The molecule has 2 atom stereocenters. The minimum absolute atomic E-state index is 0.0475. The normalized spacial score (nSPS) is 21.9. The number of methoxy groups -OCH3 is 1. The fourth-order valence-electron chi connectivity index (χ4n) is 5.86. The second kappa shape index (κ2) is 21.1. The number of carbonyl (C=O) groups is 5. The summed E-state index contributed by atoms with van der Waals surface area (Å²) in [5.41, 5.74) is 5.31. The third kappa shape index (κ3) is 14.2. The molecule has 262 valence electrons. The van der Waals surface area contributed by atoms with Crippen LogP contribution in [0.1, 0.15) is 83.5 Å². The Morgan fingerprint density at radius 2 is 1.49 bits per heavy atom. The monoisotopic (exact) mass is 658 g/mol. The quantitative estimate of drug-likeness (QED) is 0.311. The van der Waals surface area contributed by atoms with E-state index in [1.54, 1.807) is 12.0 Å². The number of piperazine rings is 1. The molecule has 13 heteroatoms. The van der Waals surface area contributed by atoms with E-state index in [1.807, 2.05) is 24.3 Å². The Hall–Kier alpha value is -3.87. The molecule has 2 saturated heterocycles. The molecular weight excluding hydrogens is 604 g/mol. The van der Waals surface area contributed by atoms with Gasteiger partial charge in [0.15, 0.2) is 11.5 Å². The van der Waals surface area contributed by atoms with E-state index in [-0.39, 0.29) is 43.4 Å². The molecule has 2 fully saturated rings. The second-order valence-electron chi connectivity index (χ2n) is 12.3. The number of ether oxygens (including phenoxy) is 2. The lowest BCUT2D eigenvalue weighted by atomic mass is 10.0. The molecule has 5 N–H and O–H groups in total. The number of nitrogens with zero attached hydrogens (tertiary/aromatic N) is 2. The number of primary amides is 1. The zero-order valence-corrected chi connectivity index (χ0v) is 27.9. The van der Waals surface area contributed by atoms with Gasteiger partial charge in [-0.2, -0.15) is 0 Å². The van der Waals surface area contributed by atoms with E-state index in [0.717, 1.165) is 51.4 Å². The first-order valence-corrected chi connectivity index (χ1v) is 17.2. The number of hydrogen-bond donors (Lipinski definition) is 4. The van der Waals surface area contributed by atoms with Crippen molar-refractivity contribution in [1.82, 2.24) is 25.8 Å². The molecule has 0 aliphatic carbocycles. The molecule has 13 nitrogen and oxygen atoms in total. The second-order valence-corrected chi connectivity index (χ2v) is 12.3. The minimum Gasteiger partial charge on any atom is -0.493 e. The number of hydrogen-bond acceptors (Lipinski definition) is 8. The summed E-state index contributed by atoms with van der Waals surface area (Å²) in [6.07, 6.45) is 8.18. The van der Waals surface area contributed by atoms with Gasteiger partial charge in [-0.1, -0.05) is 50.7 Å². The molecular formula is C34H54N6O7. The van der Waals surface area contributed by atoms with Crippen LogP contribution in [0, 0.1) is 0 Å². The highest BCUT2D eigenvalue weighted by Gasteiger charge is 2.30. The minimum atomic E-state index is -0.913. The van der Waals surface area contributed by atoms with E-state index in [4.69, 9.17) is 15.2 Å². The Morgan fingerprint density at radius 3 is 2.17 bits per heavy atom. The van der Waals surface area contributed by atoms with Crippen LogP contribution in [-0.2, 0) is 24.0 Å². The average molecular weight is 659 g/mol. The summed E-state index contributed by atoms with van der Waals surface area (Å²) in [4.78, 5) is 67.8. The first-order chi connectivity index (χ1) is 22.8. The Balaban J connectivity index is 1.58. The van der Waals surface area contributed by atoms with Crippen molar-refractivity contribution in [2.24, 2.45) is 5.73 Å². The van der Waals surface area contributed by atoms with Gasteiger partial charge in [-0.25, -0.2) is 0 Å². The smallest absolute Gasteiger partial charge is 0.245 e. The molecule has 0 spiro atoms. The van der Waals surface area contributed by atoms with Gasteiger partial charge in [0.25, 0.3) is 0 Å². The molecule has 5 amide bonds. The molecule has 3 rings (SSSR count). The first kappa shape index (κ1) is 37.6. The van der Waals surface area contributed by atoms with Crippen molar-refractivity contribution in [3.8, 4) is 11.5 Å². The lowest BCUT2D eigenvalue weighted by molar-refractivity contribution is -0.138.